The van der Waals surface area contributed by atoms with Gasteiger partial charge in [0, 0.05) is 62.6 Å². The Morgan fingerprint density at radius 1 is 1.26 bits per heavy atom. The number of nitrogens with one attached hydrogen (secondary N) is 1. The van der Waals surface area contributed by atoms with Crippen molar-refractivity contribution < 1.29 is 14.3 Å². The van der Waals surface area contributed by atoms with Crippen molar-refractivity contribution in [1.29, 1.82) is 5.26 Å². The SMILES string of the molecule is COCCC(=O)N1CCN(c2nc(C3CC3)c(-c3cccc(NC(=O)C=CCN(C)C)c3)cc2C#N)CC1C. The first-order valence-corrected chi connectivity index (χ1v) is 13.5. The molecule has 4 rings (SSSR count). The number of anilines is 2. The first-order valence-electron chi connectivity index (χ1n) is 13.5. The van der Waals surface area contributed by atoms with Gasteiger partial charge in [-0.3, -0.25) is 9.59 Å². The fraction of sp³-hybridized carbons (Fsp3) is 0.467. The third-order valence-electron chi connectivity index (χ3n) is 7.06. The standard InChI is InChI=1S/C30H38N6O3/c1-21-20-35(14-15-36(21)28(38)12-16-39-4)30-24(19-31)18-26(29(33-30)22-10-11-22)23-7-5-8-25(17-23)32-27(37)9-6-13-34(2)3/h5-9,17-18,21-22H,10-16,20H2,1-4H3,(H,32,37). The molecule has 9 nitrogen and oxygen atoms in total. The number of amides is 2. The minimum atomic E-state index is -0.184. The Kier molecular flexibility index (Phi) is 9.33. The average Bonchev–Trinajstić information content (AvgIpc) is 3.76. The summed E-state index contributed by atoms with van der Waals surface area (Å²) < 4.78 is 5.07. The predicted octanol–water partition coefficient (Wildman–Crippen LogP) is 3.63. The normalized spacial score (nSPS) is 17.5. The molecule has 0 radical (unpaired) electrons. The van der Waals surface area contributed by atoms with Crippen molar-refractivity contribution in [2.24, 2.45) is 0 Å². The fourth-order valence-corrected chi connectivity index (χ4v) is 4.91. The quantitative estimate of drug-likeness (QED) is 0.468. The number of carbonyl (C=O) groups excluding carboxylic acids is 2. The van der Waals surface area contributed by atoms with Crippen molar-refractivity contribution in [2.75, 3.05) is 64.2 Å². The lowest BCUT2D eigenvalue weighted by Gasteiger charge is -2.41. The number of carbonyl (C=O) groups is 2. The molecule has 206 valence electrons. The summed E-state index contributed by atoms with van der Waals surface area (Å²) in [6, 6.07) is 12.0. The van der Waals surface area contributed by atoms with Gasteiger partial charge in [-0.1, -0.05) is 18.2 Å². The fourth-order valence-electron chi connectivity index (χ4n) is 4.91. The zero-order valence-electron chi connectivity index (χ0n) is 23.3. The number of likely N-dealkylation sites (N-methyl/N-ethyl adjacent to an activating group) is 1. The van der Waals surface area contributed by atoms with Crippen molar-refractivity contribution in [1.82, 2.24) is 14.8 Å². The number of ether oxygens (including phenoxy) is 1. The molecule has 9 heteroatoms. The number of aromatic nitrogens is 1. The van der Waals surface area contributed by atoms with Crippen molar-refractivity contribution in [3.05, 3.63) is 53.7 Å². The van der Waals surface area contributed by atoms with Crippen LogP contribution in [-0.2, 0) is 14.3 Å². The van der Waals surface area contributed by atoms with Crippen LogP contribution < -0.4 is 10.2 Å². The van der Waals surface area contributed by atoms with Crippen molar-refractivity contribution in [3.8, 4) is 17.2 Å². The summed E-state index contributed by atoms with van der Waals surface area (Å²) in [5.41, 5.74) is 4.05. The molecule has 2 fully saturated rings. The Labute approximate surface area is 231 Å². The Balaban J connectivity index is 1.57. The van der Waals surface area contributed by atoms with Gasteiger partial charge in [-0.2, -0.15) is 5.26 Å². The number of rotatable bonds is 10. The molecule has 1 aromatic carbocycles. The van der Waals surface area contributed by atoms with Gasteiger partial charge in [0.1, 0.15) is 11.9 Å². The molecule has 1 aliphatic carbocycles. The highest BCUT2D eigenvalue weighted by Crippen LogP contribution is 2.45. The maximum absolute atomic E-state index is 12.6. The summed E-state index contributed by atoms with van der Waals surface area (Å²) in [7, 11) is 5.50. The molecule has 1 atom stereocenters. The van der Waals surface area contributed by atoms with E-state index in [1.807, 2.05) is 67.2 Å². The van der Waals surface area contributed by atoms with Gasteiger partial charge in [0.05, 0.1) is 24.3 Å². The molecule has 1 aliphatic heterocycles. The molecule has 1 unspecified atom stereocenters. The van der Waals surface area contributed by atoms with Crippen LogP contribution in [0.5, 0.6) is 0 Å². The van der Waals surface area contributed by atoms with E-state index in [1.54, 1.807) is 13.2 Å². The molecule has 1 N–H and O–H groups in total. The van der Waals surface area contributed by atoms with E-state index in [2.05, 4.69) is 16.3 Å². The van der Waals surface area contributed by atoms with Gasteiger partial charge in [-0.15, -0.1) is 0 Å². The lowest BCUT2D eigenvalue weighted by atomic mass is 9.98. The molecule has 1 saturated heterocycles. The molecule has 1 saturated carbocycles. The lowest BCUT2D eigenvalue weighted by molar-refractivity contribution is -0.134. The van der Waals surface area contributed by atoms with E-state index in [1.165, 1.54) is 0 Å². The Morgan fingerprint density at radius 3 is 2.72 bits per heavy atom. The number of hydrogen-bond acceptors (Lipinski definition) is 7. The summed E-state index contributed by atoms with van der Waals surface area (Å²) >= 11 is 0. The largest absolute Gasteiger partial charge is 0.384 e. The second-order valence-corrected chi connectivity index (χ2v) is 10.5. The molecule has 2 heterocycles. The van der Waals surface area contributed by atoms with E-state index < -0.39 is 0 Å². The van der Waals surface area contributed by atoms with E-state index in [0.29, 0.717) is 62.2 Å². The van der Waals surface area contributed by atoms with Crippen molar-refractivity contribution in [3.63, 3.8) is 0 Å². The van der Waals surface area contributed by atoms with Crippen LogP contribution in [-0.4, -0.2) is 86.6 Å². The smallest absolute Gasteiger partial charge is 0.248 e. The molecule has 2 amide bonds. The monoisotopic (exact) mass is 530 g/mol. The molecule has 0 bridgehead atoms. The zero-order chi connectivity index (χ0) is 27.9. The van der Waals surface area contributed by atoms with E-state index >= 15 is 0 Å². The van der Waals surface area contributed by atoms with Crippen LogP contribution in [0, 0.1) is 11.3 Å². The molecular formula is C30H38N6O3. The maximum atomic E-state index is 12.6. The van der Waals surface area contributed by atoms with Crippen LogP contribution in [0.1, 0.15) is 43.4 Å². The number of benzene rings is 1. The molecule has 1 aromatic heterocycles. The minimum absolute atomic E-state index is 0.00701. The Hall–Kier alpha value is -3.74. The van der Waals surface area contributed by atoms with Crippen LogP contribution in [0.2, 0.25) is 0 Å². The highest BCUT2D eigenvalue weighted by Gasteiger charge is 2.33. The van der Waals surface area contributed by atoms with Crippen molar-refractivity contribution >= 4 is 23.3 Å². The van der Waals surface area contributed by atoms with Crippen LogP contribution >= 0.6 is 0 Å². The predicted molar refractivity (Wildman–Crippen MR) is 153 cm³/mol. The maximum Gasteiger partial charge on any atom is 0.248 e. The molecular weight excluding hydrogens is 492 g/mol. The molecule has 39 heavy (non-hydrogen) atoms. The highest BCUT2D eigenvalue weighted by atomic mass is 16.5. The van der Waals surface area contributed by atoms with Gasteiger partial charge < -0.3 is 24.8 Å². The second kappa shape index (κ2) is 12.9. The molecule has 2 aliphatic rings. The number of methoxy groups -OCH3 is 1. The summed E-state index contributed by atoms with van der Waals surface area (Å²) in [5.74, 6) is 0.950. The Bertz CT molecular complexity index is 1260. The van der Waals surface area contributed by atoms with Gasteiger partial charge in [0.2, 0.25) is 11.8 Å². The third-order valence-corrected chi connectivity index (χ3v) is 7.06. The van der Waals surface area contributed by atoms with E-state index in [-0.39, 0.29) is 17.9 Å². The average molecular weight is 531 g/mol. The lowest BCUT2D eigenvalue weighted by Crippen LogP contribution is -2.54. The number of piperazine rings is 1. The van der Waals surface area contributed by atoms with Gasteiger partial charge in [-0.25, -0.2) is 4.98 Å². The van der Waals surface area contributed by atoms with E-state index in [9.17, 15) is 14.9 Å². The van der Waals surface area contributed by atoms with Crippen LogP contribution in [0.15, 0.2) is 42.5 Å². The topological polar surface area (TPSA) is 102 Å². The second-order valence-electron chi connectivity index (χ2n) is 10.5. The number of nitriles is 1. The third kappa shape index (κ3) is 7.22. The molecule has 0 spiro atoms. The summed E-state index contributed by atoms with van der Waals surface area (Å²) in [5, 5.41) is 13.0. The molecule has 2 aromatic rings. The van der Waals surface area contributed by atoms with Crippen LogP contribution in [0.4, 0.5) is 11.5 Å². The summed E-state index contributed by atoms with van der Waals surface area (Å²) in [6.45, 7) is 4.96. The number of pyridine rings is 1. The number of hydrogen-bond donors (Lipinski definition) is 1. The van der Waals surface area contributed by atoms with E-state index in [0.717, 1.165) is 29.7 Å². The van der Waals surface area contributed by atoms with Gasteiger partial charge in [-0.05, 0) is 57.6 Å². The van der Waals surface area contributed by atoms with Gasteiger partial charge >= 0.3 is 0 Å². The van der Waals surface area contributed by atoms with Crippen LogP contribution in [0.3, 0.4) is 0 Å². The van der Waals surface area contributed by atoms with Crippen molar-refractivity contribution in [2.45, 2.75) is 38.1 Å². The van der Waals surface area contributed by atoms with E-state index in [4.69, 9.17) is 9.72 Å². The Morgan fingerprint density at radius 2 is 2.05 bits per heavy atom. The van der Waals surface area contributed by atoms with Crippen LogP contribution in [0.25, 0.3) is 11.1 Å². The zero-order valence-corrected chi connectivity index (χ0v) is 23.3. The van der Waals surface area contributed by atoms with Gasteiger partial charge in [0.25, 0.3) is 0 Å². The minimum Gasteiger partial charge on any atom is -0.384 e. The summed E-state index contributed by atoms with van der Waals surface area (Å²) in [4.78, 5) is 36.1. The first kappa shape index (κ1) is 28.3. The highest BCUT2D eigenvalue weighted by molar-refractivity contribution is 5.99. The van der Waals surface area contributed by atoms with Gasteiger partial charge in [0.15, 0.2) is 0 Å². The first-order chi connectivity index (χ1) is 18.8. The summed E-state index contributed by atoms with van der Waals surface area (Å²) in [6.07, 6.45) is 5.86. The number of nitrogens with zero attached hydrogens (tertiary/aromatic N) is 5.